The number of hydrogen-bond acceptors (Lipinski definition) is 9. The second-order valence-electron chi connectivity index (χ2n) is 16.4. The maximum Gasteiger partial charge on any atom is 0.308 e. The second kappa shape index (κ2) is 16.3. The van der Waals surface area contributed by atoms with Gasteiger partial charge in [-0.25, -0.2) is 8.42 Å². The Kier molecular flexibility index (Phi) is 14.5. The molecule has 0 spiro atoms. The number of ether oxygens (including phenoxy) is 3. The summed E-state index contributed by atoms with van der Waals surface area (Å²) in [5.41, 5.74) is 0. The third kappa shape index (κ3) is 10.8. The van der Waals surface area contributed by atoms with Crippen LogP contribution in [0, 0.1) is 11.8 Å². The van der Waals surface area contributed by atoms with Crippen molar-refractivity contribution in [3.63, 3.8) is 0 Å². The molecule has 9 nitrogen and oxygen atoms in total. The van der Waals surface area contributed by atoms with Crippen LogP contribution in [0.4, 0.5) is 0 Å². The lowest BCUT2D eigenvalue weighted by Crippen LogP contribution is -2.60. The predicted molar refractivity (Wildman–Crippen MR) is 197 cm³/mol. The number of aliphatic hydroxyl groups is 1. The van der Waals surface area contributed by atoms with E-state index in [0.29, 0.717) is 6.42 Å². The first-order valence-corrected chi connectivity index (χ1v) is 24.6. The first-order valence-electron chi connectivity index (χ1n) is 17.1. The van der Waals surface area contributed by atoms with Crippen LogP contribution >= 0.6 is 0 Å². The Morgan fingerprint density at radius 2 is 1.54 bits per heavy atom. The van der Waals surface area contributed by atoms with E-state index >= 15 is 0 Å². The molecule has 1 heterocycles. The van der Waals surface area contributed by atoms with Crippen molar-refractivity contribution in [3.05, 3.63) is 42.5 Å². The van der Waals surface area contributed by atoms with Crippen molar-refractivity contribution in [1.82, 2.24) is 0 Å². The number of rotatable bonds is 15. The van der Waals surface area contributed by atoms with Crippen LogP contribution in [0.1, 0.15) is 74.7 Å². The van der Waals surface area contributed by atoms with Crippen molar-refractivity contribution in [2.24, 2.45) is 11.8 Å². The van der Waals surface area contributed by atoms with Crippen LogP contribution in [0.5, 0.6) is 0 Å². The van der Waals surface area contributed by atoms with E-state index < -0.39 is 62.5 Å². The highest BCUT2D eigenvalue weighted by Gasteiger charge is 2.53. The Morgan fingerprint density at radius 3 is 2.04 bits per heavy atom. The van der Waals surface area contributed by atoms with Crippen molar-refractivity contribution in [1.29, 1.82) is 0 Å². The van der Waals surface area contributed by atoms with E-state index in [-0.39, 0.29) is 45.6 Å². The van der Waals surface area contributed by atoms with Crippen LogP contribution in [0.3, 0.4) is 0 Å². The van der Waals surface area contributed by atoms with Crippen molar-refractivity contribution in [3.8, 4) is 0 Å². The molecule has 0 aliphatic carbocycles. The summed E-state index contributed by atoms with van der Waals surface area (Å²) in [5, 5.41) is 11.9. The Labute approximate surface area is 293 Å². The zero-order valence-electron chi connectivity index (χ0n) is 32.0. The Balaban J connectivity index is 2.42. The van der Waals surface area contributed by atoms with Gasteiger partial charge in [0.15, 0.2) is 32.3 Å². The summed E-state index contributed by atoms with van der Waals surface area (Å²) in [6.07, 6.45) is 2.00. The van der Waals surface area contributed by atoms with E-state index in [9.17, 15) is 18.3 Å². The number of esters is 1. The quantitative estimate of drug-likeness (QED) is 0.111. The number of hydrogen-bond donors (Lipinski definition) is 1. The molecule has 12 heteroatoms. The molecule has 48 heavy (non-hydrogen) atoms. The summed E-state index contributed by atoms with van der Waals surface area (Å²) >= 11 is 0. The number of carbonyl (C=O) groups is 1. The number of carbonyl (C=O) groups excluding carboxylic acids is 1. The summed E-state index contributed by atoms with van der Waals surface area (Å²) in [5.74, 6) is -2.88. The van der Waals surface area contributed by atoms with Crippen molar-refractivity contribution in [2.75, 3.05) is 20.0 Å². The topological polar surface area (TPSA) is 118 Å². The van der Waals surface area contributed by atoms with Gasteiger partial charge in [0, 0.05) is 18.9 Å². The normalized spacial score (nSPS) is 26.0. The minimum Gasteiger partial charge on any atom is -0.469 e. The first kappa shape index (κ1) is 42.8. The van der Waals surface area contributed by atoms with Crippen LogP contribution in [-0.4, -0.2) is 86.3 Å². The van der Waals surface area contributed by atoms with Gasteiger partial charge < -0.3 is 28.2 Å². The Morgan fingerprint density at radius 1 is 0.979 bits per heavy atom. The van der Waals surface area contributed by atoms with Crippen LogP contribution in [-0.2, 0) is 37.7 Å². The summed E-state index contributed by atoms with van der Waals surface area (Å²) in [6.45, 7) is 25.5. The summed E-state index contributed by atoms with van der Waals surface area (Å²) in [7, 11) is -5.21. The second-order valence-corrected chi connectivity index (χ2v) is 28.1. The molecule has 1 saturated heterocycles. The fraction of sp³-hybridized carbons (Fsp3) is 0.750. The molecule has 0 saturated carbocycles. The van der Waals surface area contributed by atoms with Crippen LogP contribution in [0.15, 0.2) is 47.4 Å². The van der Waals surface area contributed by atoms with E-state index in [1.54, 1.807) is 43.5 Å². The predicted octanol–water partition coefficient (Wildman–Crippen LogP) is 7.52. The molecule has 0 unspecified atom stereocenters. The minimum atomic E-state index is -3.54. The maximum atomic E-state index is 13.3. The van der Waals surface area contributed by atoms with Crippen LogP contribution in [0.25, 0.3) is 0 Å². The average Bonchev–Trinajstić information content (AvgIpc) is 2.98. The molecule has 7 atom stereocenters. The number of sulfone groups is 1. The van der Waals surface area contributed by atoms with Crippen LogP contribution in [0.2, 0.25) is 36.3 Å². The van der Waals surface area contributed by atoms with E-state index in [4.69, 9.17) is 23.1 Å². The van der Waals surface area contributed by atoms with Gasteiger partial charge in [-0.3, -0.25) is 4.79 Å². The van der Waals surface area contributed by atoms with Gasteiger partial charge >= 0.3 is 5.97 Å². The summed E-state index contributed by atoms with van der Waals surface area (Å²) in [4.78, 5) is 12.7. The lowest BCUT2D eigenvalue weighted by atomic mass is 9.79. The minimum absolute atomic E-state index is 0.0170. The summed E-state index contributed by atoms with van der Waals surface area (Å²) < 4.78 is 57.5. The van der Waals surface area contributed by atoms with E-state index in [2.05, 4.69) is 67.7 Å². The number of methoxy groups -OCH3 is 2. The lowest BCUT2D eigenvalue weighted by Gasteiger charge is -2.51. The zero-order valence-corrected chi connectivity index (χ0v) is 34.8. The zero-order chi connectivity index (χ0) is 36.9. The molecule has 0 bridgehead atoms. The highest BCUT2D eigenvalue weighted by atomic mass is 32.2. The van der Waals surface area contributed by atoms with Gasteiger partial charge in [-0.2, -0.15) is 0 Å². The molecule has 1 N–H and O–H groups in total. The van der Waals surface area contributed by atoms with Crippen molar-refractivity contribution in [2.45, 2.75) is 146 Å². The standard InChI is InChI=1S/C36H64O9SSi2/c1-26-31(25-32(37)42-10)43-36(38,27(2)33(26)45-48(13,14)35(6,7)8)23-18-21-29(41-9)30(44-47(11,12)34(3,4)5)22-24-46(39,40)28-19-16-15-17-20-28/h15-20,23,26-27,29-31,33,38H,21-22,24-25H2,1-14H3/b23-18-/t26-,27+,29-,30-,31+,33-,36-/m0/s1. The monoisotopic (exact) mass is 728 g/mol. The third-order valence-corrected chi connectivity index (χ3v) is 21.6. The van der Waals surface area contributed by atoms with Gasteiger partial charge in [-0.05, 0) is 67.3 Å². The van der Waals surface area contributed by atoms with Gasteiger partial charge in [-0.15, -0.1) is 0 Å². The molecule has 276 valence electrons. The molecule has 2 rings (SSSR count). The molecule has 0 aromatic heterocycles. The number of benzene rings is 1. The average molecular weight is 729 g/mol. The fourth-order valence-corrected chi connectivity index (χ4v) is 9.60. The molecule has 0 amide bonds. The van der Waals surface area contributed by atoms with Crippen LogP contribution < -0.4 is 0 Å². The van der Waals surface area contributed by atoms with Gasteiger partial charge in [0.2, 0.25) is 0 Å². The summed E-state index contributed by atoms with van der Waals surface area (Å²) in [6, 6.07) is 8.45. The highest BCUT2D eigenvalue weighted by molar-refractivity contribution is 7.91. The largest absolute Gasteiger partial charge is 0.469 e. The maximum absolute atomic E-state index is 13.3. The van der Waals surface area contributed by atoms with Gasteiger partial charge in [0.1, 0.15) is 0 Å². The third-order valence-electron chi connectivity index (χ3n) is 10.9. The van der Waals surface area contributed by atoms with Gasteiger partial charge in [-0.1, -0.05) is 79.7 Å². The lowest BCUT2D eigenvalue weighted by molar-refractivity contribution is -0.288. The van der Waals surface area contributed by atoms with Crippen molar-refractivity contribution < 1.29 is 41.4 Å². The van der Waals surface area contributed by atoms with E-state index in [1.807, 2.05) is 19.9 Å². The molecule has 1 fully saturated rings. The Hall–Kier alpha value is -1.39. The molecule has 1 aromatic rings. The smallest absolute Gasteiger partial charge is 0.308 e. The molecule has 1 aliphatic rings. The van der Waals surface area contributed by atoms with Gasteiger partial charge in [0.25, 0.3) is 0 Å². The molecule has 1 aromatic carbocycles. The SMILES string of the molecule is COC(=O)C[C@H]1O[C@@](O)(/C=C\C[C@H](OC)[C@H](CCS(=O)(=O)c2ccccc2)O[Si](C)(C)C(C)(C)C)[C@H](C)[C@@H](O[Si](C)(C)C(C)(C)C)[C@H]1C. The highest BCUT2D eigenvalue weighted by Crippen LogP contribution is 2.45. The van der Waals surface area contributed by atoms with Crippen molar-refractivity contribution >= 4 is 32.4 Å². The molecular formula is C36H64O9SSi2. The Bertz CT molecular complexity index is 1320. The molecular weight excluding hydrogens is 665 g/mol. The van der Waals surface area contributed by atoms with E-state index in [1.165, 1.54) is 7.11 Å². The van der Waals surface area contributed by atoms with E-state index in [0.717, 1.165) is 0 Å². The van der Waals surface area contributed by atoms with Gasteiger partial charge in [0.05, 0.1) is 48.6 Å². The fourth-order valence-electron chi connectivity index (χ4n) is 5.42. The molecule has 1 aliphatic heterocycles. The first-order chi connectivity index (χ1) is 21.8. The molecule has 0 radical (unpaired) electrons.